The molecule has 1 aliphatic rings. The summed E-state index contributed by atoms with van der Waals surface area (Å²) in [6.45, 7) is 3.19. The Morgan fingerprint density at radius 1 is 1.34 bits per heavy atom. The van der Waals surface area contributed by atoms with Gasteiger partial charge in [0.05, 0.1) is 19.3 Å². The van der Waals surface area contributed by atoms with Crippen LogP contribution in [0.3, 0.4) is 0 Å². The van der Waals surface area contributed by atoms with Crippen molar-refractivity contribution in [2.24, 2.45) is 5.92 Å². The van der Waals surface area contributed by atoms with Gasteiger partial charge in [0.15, 0.2) is 17.4 Å². The summed E-state index contributed by atoms with van der Waals surface area (Å²) in [5.74, 6) is -1.35. The number of hydrogen-bond acceptors (Lipinski definition) is 7. The maximum absolute atomic E-state index is 14.7. The van der Waals surface area contributed by atoms with Crippen LogP contribution in [0.5, 0.6) is 5.75 Å². The van der Waals surface area contributed by atoms with Crippen molar-refractivity contribution in [3.8, 4) is 5.75 Å². The van der Waals surface area contributed by atoms with Crippen LogP contribution in [-0.4, -0.2) is 56.1 Å². The van der Waals surface area contributed by atoms with Crippen LogP contribution >= 0.6 is 0 Å². The maximum Gasteiger partial charge on any atom is 0.251 e. The zero-order valence-electron chi connectivity index (χ0n) is 17.7. The highest BCUT2D eigenvalue weighted by Gasteiger charge is 2.35. The van der Waals surface area contributed by atoms with E-state index in [2.05, 4.69) is 15.3 Å². The molecule has 0 fully saturated rings. The van der Waals surface area contributed by atoms with Gasteiger partial charge in [0.25, 0.3) is 5.91 Å². The van der Waals surface area contributed by atoms with Crippen molar-refractivity contribution in [3.63, 3.8) is 0 Å². The molecule has 9 nitrogen and oxygen atoms in total. The molecule has 2 aromatic rings. The van der Waals surface area contributed by atoms with Crippen molar-refractivity contribution >= 4 is 17.6 Å². The predicted molar refractivity (Wildman–Crippen MR) is 113 cm³/mol. The molecule has 2 heterocycles. The van der Waals surface area contributed by atoms with E-state index in [1.165, 1.54) is 47.8 Å². The van der Waals surface area contributed by atoms with Gasteiger partial charge in [-0.2, -0.15) is 0 Å². The number of benzene rings is 1. The van der Waals surface area contributed by atoms with Crippen LogP contribution in [0.2, 0.25) is 0 Å². The van der Waals surface area contributed by atoms with Crippen LogP contribution in [0, 0.1) is 11.7 Å². The number of aliphatic hydroxyl groups is 2. The molecule has 1 unspecified atom stereocenters. The van der Waals surface area contributed by atoms with Crippen molar-refractivity contribution in [2.45, 2.75) is 32.4 Å². The van der Waals surface area contributed by atoms with E-state index in [0.717, 1.165) is 0 Å². The van der Waals surface area contributed by atoms with Crippen molar-refractivity contribution in [1.82, 2.24) is 14.9 Å². The highest BCUT2D eigenvalue weighted by Crippen LogP contribution is 2.28. The maximum atomic E-state index is 14.7. The number of nitrogens with one attached hydrogen (secondary N) is 1. The molecule has 1 aliphatic heterocycles. The van der Waals surface area contributed by atoms with E-state index in [1.807, 2.05) is 13.8 Å². The molecule has 3 N–H and O–H groups in total. The third kappa shape index (κ3) is 5.45. The lowest BCUT2D eigenvalue weighted by atomic mass is 10.0. The van der Waals surface area contributed by atoms with Crippen LogP contribution < -0.4 is 10.1 Å². The molecular formula is C22H25FN4O5. The Labute approximate surface area is 184 Å². The Kier molecular flexibility index (Phi) is 7.49. The number of aromatic nitrogens is 2. The summed E-state index contributed by atoms with van der Waals surface area (Å²) >= 11 is 0. The first-order valence-electron chi connectivity index (χ1n) is 10.1. The minimum absolute atomic E-state index is 0.0314. The van der Waals surface area contributed by atoms with E-state index in [0.29, 0.717) is 6.42 Å². The summed E-state index contributed by atoms with van der Waals surface area (Å²) in [5, 5.41) is 21.5. The monoisotopic (exact) mass is 444 g/mol. The second-order valence-corrected chi connectivity index (χ2v) is 7.76. The topological polar surface area (TPSA) is 125 Å². The van der Waals surface area contributed by atoms with Gasteiger partial charge in [-0.1, -0.05) is 26.0 Å². The summed E-state index contributed by atoms with van der Waals surface area (Å²) in [4.78, 5) is 34.8. The fraction of sp³-hybridized carbons (Fsp3) is 0.364. The first-order chi connectivity index (χ1) is 15.3. The van der Waals surface area contributed by atoms with Crippen LogP contribution in [0.15, 0.2) is 48.6 Å². The molecule has 0 bridgehead atoms. The number of aliphatic hydroxyl groups excluding tert-OH is 2. The molecular weight excluding hydrogens is 419 g/mol. The van der Waals surface area contributed by atoms with Gasteiger partial charge in [-0.05, 0) is 18.4 Å². The number of carbonyl (C=O) groups is 2. The molecule has 10 heteroatoms. The lowest BCUT2D eigenvalue weighted by molar-refractivity contribution is -0.133. The minimum atomic E-state index is -1.39. The fourth-order valence-corrected chi connectivity index (χ4v) is 3.34. The number of hydrogen-bond donors (Lipinski definition) is 3. The van der Waals surface area contributed by atoms with Crippen molar-refractivity contribution in [3.05, 3.63) is 60.0 Å². The Morgan fingerprint density at radius 3 is 2.78 bits per heavy atom. The summed E-state index contributed by atoms with van der Waals surface area (Å²) in [7, 11) is 0. The summed E-state index contributed by atoms with van der Waals surface area (Å²) < 4.78 is 20.2. The quantitative estimate of drug-likeness (QED) is 0.539. The second kappa shape index (κ2) is 10.3. The van der Waals surface area contributed by atoms with E-state index >= 15 is 0 Å². The highest BCUT2D eigenvalue weighted by molar-refractivity contribution is 5.99. The van der Waals surface area contributed by atoms with E-state index in [-0.39, 0.29) is 35.4 Å². The van der Waals surface area contributed by atoms with E-state index < -0.39 is 36.4 Å². The van der Waals surface area contributed by atoms with E-state index in [9.17, 15) is 19.1 Å². The molecule has 2 atom stereocenters. The fourth-order valence-electron chi connectivity index (χ4n) is 3.34. The molecule has 32 heavy (non-hydrogen) atoms. The molecule has 2 amide bonds. The minimum Gasteiger partial charge on any atom is -0.457 e. The van der Waals surface area contributed by atoms with Gasteiger partial charge in [-0.15, -0.1) is 0 Å². The molecule has 3 rings (SSSR count). The van der Waals surface area contributed by atoms with Crippen molar-refractivity contribution in [1.29, 1.82) is 0 Å². The average molecular weight is 444 g/mol. The molecule has 0 spiro atoms. The SMILES string of the molecule is CC(C)CC(C(=O)Nc1cnccn1)N1CC(Oc2cccc([C@H](O)CO)c2F)=CC1=O. The smallest absolute Gasteiger partial charge is 0.251 e. The van der Waals surface area contributed by atoms with Crippen molar-refractivity contribution < 1.29 is 28.9 Å². The van der Waals surface area contributed by atoms with E-state index in [4.69, 9.17) is 9.84 Å². The molecule has 0 aliphatic carbocycles. The van der Waals surface area contributed by atoms with Gasteiger partial charge < -0.3 is 25.2 Å². The predicted octanol–water partition coefficient (Wildman–Crippen LogP) is 1.80. The van der Waals surface area contributed by atoms with Gasteiger partial charge in [0, 0.05) is 24.0 Å². The molecule has 0 saturated heterocycles. The van der Waals surface area contributed by atoms with Gasteiger partial charge in [-0.25, -0.2) is 9.37 Å². The largest absolute Gasteiger partial charge is 0.457 e. The number of halogens is 1. The molecule has 170 valence electrons. The number of ether oxygens (including phenoxy) is 1. The number of rotatable bonds is 9. The Hall–Kier alpha value is -3.37. The third-order valence-corrected chi connectivity index (χ3v) is 4.85. The zero-order valence-corrected chi connectivity index (χ0v) is 17.7. The molecule has 0 radical (unpaired) electrons. The van der Waals surface area contributed by atoms with Crippen LogP contribution in [0.25, 0.3) is 0 Å². The number of anilines is 1. The van der Waals surface area contributed by atoms with Gasteiger partial charge in [0.2, 0.25) is 5.91 Å². The standard InChI is InChI=1S/C22H25FN4O5/c1-13(2)8-16(22(31)26-19-10-24-6-7-25-19)27-11-14(9-20(27)30)32-18-5-3-4-15(21(18)23)17(29)12-28/h3-7,9-10,13,16-17,28-29H,8,11-12H2,1-2H3,(H,25,26,31)/t16?,17-/m1/s1. The van der Waals surface area contributed by atoms with E-state index in [1.54, 1.807) is 0 Å². The lowest BCUT2D eigenvalue weighted by Gasteiger charge is -2.28. The zero-order chi connectivity index (χ0) is 23.3. The Morgan fingerprint density at radius 2 is 2.12 bits per heavy atom. The summed E-state index contributed by atoms with van der Waals surface area (Å²) in [6.07, 6.45) is 4.53. The molecule has 1 aromatic heterocycles. The number of nitrogens with zero attached hydrogens (tertiary/aromatic N) is 3. The van der Waals surface area contributed by atoms with Gasteiger partial charge in [-0.3, -0.25) is 14.6 Å². The first-order valence-corrected chi connectivity index (χ1v) is 10.1. The van der Waals surface area contributed by atoms with Crippen LogP contribution in [0.1, 0.15) is 31.9 Å². The second-order valence-electron chi connectivity index (χ2n) is 7.76. The highest BCUT2D eigenvalue weighted by atomic mass is 19.1. The van der Waals surface area contributed by atoms with Crippen LogP contribution in [-0.2, 0) is 9.59 Å². The summed E-state index contributed by atoms with van der Waals surface area (Å²) in [6, 6.07) is 3.36. The number of amides is 2. The summed E-state index contributed by atoms with van der Waals surface area (Å²) in [5.41, 5.74) is -0.118. The Bertz CT molecular complexity index is 999. The van der Waals surface area contributed by atoms with Gasteiger partial charge >= 0.3 is 0 Å². The van der Waals surface area contributed by atoms with Gasteiger partial charge in [0.1, 0.15) is 17.9 Å². The normalized spacial score (nSPS) is 15.5. The molecule has 0 saturated carbocycles. The average Bonchev–Trinajstić information content (AvgIpc) is 3.13. The van der Waals surface area contributed by atoms with Crippen molar-refractivity contribution in [2.75, 3.05) is 18.5 Å². The first kappa shape index (κ1) is 23.3. The molecule has 1 aromatic carbocycles. The number of carbonyl (C=O) groups excluding carboxylic acids is 2. The van der Waals surface area contributed by atoms with Crippen LogP contribution in [0.4, 0.5) is 10.2 Å². The lowest BCUT2D eigenvalue weighted by Crippen LogP contribution is -2.46. The Balaban J connectivity index is 1.75. The third-order valence-electron chi connectivity index (χ3n) is 4.85.